The largest absolute Gasteiger partial charge is 0.437 e. The highest BCUT2D eigenvalue weighted by atomic mass is 16.2. The molecule has 5 heteroatoms. The lowest BCUT2D eigenvalue weighted by Crippen LogP contribution is -2.29. The van der Waals surface area contributed by atoms with E-state index >= 15 is 0 Å². The van der Waals surface area contributed by atoms with E-state index in [1.165, 1.54) is 0 Å². The molecule has 0 unspecified atom stereocenters. The summed E-state index contributed by atoms with van der Waals surface area (Å²) in [5.74, 6) is 0.510. The summed E-state index contributed by atoms with van der Waals surface area (Å²) < 4.78 is 0. The maximum atomic E-state index is 8.91. The minimum atomic E-state index is -0.498. The van der Waals surface area contributed by atoms with E-state index in [1.54, 1.807) is 19.1 Å². The van der Waals surface area contributed by atoms with Crippen LogP contribution >= 0.6 is 0 Å². The topological polar surface area (TPSA) is 71.2 Å². The van der Waals surface area contributed by atoms with E-state index in [1.807, 2.05) is 6.07 Å². The third kappa shape index (κ3) is 2.90. The number of nitrogens with two attached hydrogens (primary N) is 1. The van der Waals surface area contributed by atoms with Crippen molar-refractivity contribution >= 4 is 12.9 Å². The summed E-state index contributed by atoms with van der Waals surface area (Å²) in [6.45, 7) is 2.27. The number of pyridine rings is 1. The number of hydrogen-bond donors (Lipinski definition) is 3. The standard InChI is InChI=1S/C7H12BN3O/c1-8(12)11-5-6-2-3-7(9)10-4-6/h2-4,11-12H,5H2,1H3,(H2,9,10). The Hall–Kier alpha value is -1.07. The maximum absolute atomic E-state index is 8.91. The molecule has 64 valence electrons. The van der Waals surface area contributed by atoms with E-state index in [0.717, 1.165) is 5.56 Å². The van der Waals surface area contributed by atoms with Gasteiger partial charge in [-0.15, -0.1) is 0 Å². The molecule has 0 saturated heterocycles. The molecule has 0 aromatic carbocycles. The summed E-state index contributed by atoms with van der Waals surface area (Å²) in [5.41, 5.74) is 6.41. The molecule has 0 saturated carbocycles. The van der Waals surface area contributed by atoms with Crippen LogP contribution in [0.2, 0.25) is 6.82 Å². The first-order chi connectivity index (χ1) is 5.68. The molecule has 0 spiro atoms. The van der Waals surface area contributed by atoms with Crippen molar-refractivity contribution in [3.63, 3.8) is 0 Å². The summed E-state index contributed by atoms with van der Waals surface area (Å²) in [4.78, 5) is 3.91. The van der Waals surface area contributed by atoms with Crippen LogP contribution in [0, 0.1) is 0 Å². The first-order valence-corrected chi connectivity index (χ1v) is 3.80. The molecule has 4 nitrogen and oxygen atoms in total. The number of rotatable bonds is 3. The van der Waals surface area contributed by atoms with Crippen LogP contribution in [0.15, 0.2) is 18.3 Å². The van der Waals surface area contributed by atoms with Crippen molar-refractivity contribution in [1.29, 1.82) is 0 Å². The molecule has 0 aliphatic carbocycles. The molecule has 0 atom stereocenters. The van der Waals surface area contributed by atoms with Crippen molar-refractivity contribution in [3.8, 4) is 0 Å². The Morgan fingerprint density at radius 3 is 2.92 bits per heavy atom. The molecule has 1 heterocycles. The zero-order valence-electron chi connectivity index (χ0n) is 6.99. The van der Waals surface area contributed by atoms with Gasteiger partial charge in [-0.25, -0.2) is 4.98 Å². The molecule has 0 amide bonds. The van der Waals surface area contributed by atoms with Gasteiger partial charge >= 0.3 is 7.05 Å². The third-order valence-corrected chi connectivity index (χ3v) is 1.45. The van der Waals surface area contributed by atoms with Crippen LogP contribution in [0.25, 0.3) is 0 Å². The van der Waals surface area contributed by atoms with Crippen molar-refractivity contribution in [1.82, 2.24) is 10.2 Å². The van der Waals surface area contributed by atoms with Gasteiger partial charge in [0, 0.05) is 12.7 Å². The van der Waals surface area contributed by atoms with Crippen LogP contribution < -0.4 is 11.0 Å². The first kappa shape index (κ1) is 9.03. The molecular weight excluding hydrogens is 153 g/mol. The van der Waals surface area contributed by atoms with Crippen molar-refractivity contribution in [2.45, 2.75) is 13.4 Å². The molecule has 12 heavy (non-hydrogen) atoms. The third-order valence-electron chi connectivity index (χ3n) is 1.45. The van der Waals surface area contributed by atoms with E-state index < -0.39 is 7.05 Å². The fourth-order valence-corrected chi connectivity index (χ4v) is 0.806. The van der Waals surface area contributed by atoms with Gasteiger partial charge in [-0.05, 0) is 18.5 Å². The van der Waals surface area contributed by atoms with Crippen LogP contribution in [0.5, 0.6) is 0 Å². The average molecular weight is 165 g/mol. The van der Waals surface area contributed by atoms with Gasteiger partial charge in [-0.3, -0.25) is 0 Å². The van der Waals surface area contributed by atoms with Gasteiger partial charge in [0.2, 0.25) is 0 Å². The van der Waals surface area contributed by atoms with Gasteiger partial charge in [0.25, 0.3) is 0 Å². The van der Waals surface area contributed by atoms with Gasteiger partial charge in [-0.2, -0.15) is 0 Å². The molecule has 4 N–H and O–H groups in total. The van der Waals surface area contributed by atoms with E-state index in [0.29, 0.717) is 12.4 Å². The summed E-state index contributed by atoms with van der Waals surface area (Å²) in [6.07, 6.45) is 1.69. The van der Waals surface area contributed by atoms with Gasteiger partial charge in [0.1, 0.15) is 5.82 Å². The number of nitrogen functional groups attached to an aromatic ring is 1. The van der Waals surface area contributed by atoms with Gasteiger partial charge in [0.05, 0.1) is 0 Å². The maximum Gasteiger partial charge on any atom is 0.373 e. The molecule has 0 aliphatic heterocycles. The zero-order chi connectivity index (χ0) is 8.97. The molecule has 1 aromatic rings. The fraction of sp³-hybridized carbons (Fsp3) is 0.286. The molecule has 0 bridgehead atoms. The normalized spacial score (nSPS) is 9.83. The lowest BCUT2D eigenvalue weighted by molar-refractivity contribution is 0.554. The predicted octanol–water partition coefficient (Wildman–Crippen LogP) is -0.136. The van der Waals surface area contributed by atoms with Gasteiger partial charge in [0.15, 0.2) is 0 Å². The Balaban J connectivity index is 2.48. The second kappa shape index (κ2) is 4.08. The van der Waals surface area contributed by atoms with E-state index in [2.05, 4.69) is 10.2 Å². The fourth-order valence-electron chi connectivity index (χ4n) is 0.806. The molecule has 0 aliphatic rings. The molecule has 1 rings (SSSR count). The number of nitrogens with zero attached hydrogens (tertiary/aromatic N) is 1. The Morgan fingerprint density at radius 1 is 1.67 bits per heavy atom. The zero-order valence-corrected chi connectivity index (χ0v) is 6.99. The number of anilines is 1. The van der Waals surface area contributed by atoms with Crippen molar-refractivity contribution in [2.24, 2.45) is 0 Å². The summed E-state index contributed by atoms with van der Waals surface area (Å²) >= 11 is 0. The van der Waals surface area contributed by atoms with E-state index in [4.69, 9.17) is 10.8 Å². The number of hydrogen-bond acceptors (Lipinski definition) is 4. The predicted molar refractivity (Wildman–Crippen MR) is 49.3 cm³/mol. The van der Waals surface area contributed by atoms with Crippen LogP contribution in [0.1, 0.15) is 5.56 Å². The van der Waals surface area contributed by atoms with E-state index in [9.17, 15) is 0 Å². The van der Waals surface area contributed by atoms with Crippen LogP contribution in [0.4, 0.5) is 5.82 Å². The Labute approximate surface area is 71.9 Å². The SMILES string of the molecule is CB(O)NCc1ccc(N)nc1. The van der Waals surface area contributed by atoms with Crippen molar-refractivity contribution in [2.75, 3.05) is 5.73 Å². The first-order valence-electron chi connectivity index (χ1n) is 3.80. The Bertz CT molecular complexity index is 237. The van der Waals surface area contributed by atoms with Gasteiger partial charge < -0.3 is 16.0 Å². The van der Waals surface area contributed by atoms with Gasteiger partial charge in [-0.1, -0.05) is 6.07 Å². The summed E-state index contributed by atoms with van der Waals surface area (Å²) in [6, 6.07) is 3.61. The quantitative estimate of drug-likeness (QED) is 0.545. The van der Waals surface area contributed by atoms with Crippen LogP contribution in [-0.2, 0) is 6.54 Å². The number of aromatic nitrogens is 1. The second-order valence-electron chi connectivity index (χ2n) is 2.65. The van der Waals surface area contributed by atoms with Crippen LogP contribution in [-0.4, -0.2) is 17.1 Å². The molecule has 0 radical (unpaired) electrons. The molecule has 1 aromatic heterocycles. The Morgan fingerprint density at radius 2 is 2.42 bits per heavy atom. The minimum Gasteiger partial charge on any atom is -0.437 e. The smallest absolute Gasteiger partial charge is 0.373 e. The van der Waals surface area contributed by atoms with Crippen LogP contribution in [0.3, 0.4) is 0 Å². The van der Waals surface area contributed by atoms with Crippen molar-refractivity contribution in [3.05, 3.63) is 23.9 Å². The summed E-state index contributed by atoms with van der Waals surface area (Å²) in [7, 11) is -0.498. The van der Waals surface area contributed by atoms with E-state index in [-0.39, 0.29) is 0 Å². The highest BCUT2D eigenvalue weighted by molar-refractivity contribution is 6.45. The lowest BCUT2D eigenvalue weighted by atomic mass is 9.89. The average Bonchev–Trinajstić information content (AvgIpc) is 2.03. The monoisotopic (exact) mass is 165 g/mol. The number of nitrogens with one attached hydrogen (secondary N) is 1. The lowest BCUT2D eigenvalue weighted by Gasteiger charge is -2.03. The minimum absolute atomic E-state index is 0.498. The highest BCUT2D eigenvalue weighted by Gasteiger charge is 2.00. The van der Waals surface area contributed by atoms with Crippen molar-refractivity contribution < 1.29 is 5.02 Å². The summed E-state index contributed by atoms with van der Waals surface area (Å²) in [5, 5.41) is 11.8. The highest BCUT2D eigenvalue weighted by Crippen LogP contribution is 2.00. The molecule has 0 fully saturated rings. The Kier molecular flexibility index (Phi) is 3.07. The molecular formula is C7H12BN3O. The second-order valence-corrected chi connectivity index (χ2v) is 2.65.